The molecular weight excluding hydrogens is 476 g/mol. The van der Waals surface area contributed by atoms with E-state index in [1.807, 2.05) is 24.7 Å². The number of hydrogen-bond donors (Lipinski definition) is 0. The molecule has 0 atom stereocenters. The molecule has 0 saturated carbocycles. The van der Waals surface area contributed by atoms with Crippen LogP contribution < -0.4 is 0 Å². The lowest BCUT2D eigenvalue weighted by molar-refractivity contribution is 0.0649. The van der Waals surface area contributed by atoms with Crippen LogP contribution in [0.2, 0.25) is 0 Å². The number of thiazole rings is 1. The van der Waals surface area contributed by atoms with Crippen LogP contribution >= 0.6 is 11.3 Å². The third kappa shape index (κ3) is 5.69. The SMILES string of the molecule is C=C(OCC)N1CCC(N(Cc2ccc(C#N)c(-c3cccc4ccccc34)c2)Cc2cncs2)CC1. The molecule has 1 aliphatic heterocycles. The Morgan fingerprint density at radius 3 is 2.68 bits per heavy atom. The Morgan fingerprint density at radius 1 is 1.11 bits per heavy atom. The van der Waals surface area contributed by atoms with E-state index < -0.39 is 0 Å². The van der Waals surface area contributed by atoms with Gasteiger partial charge in [-0.1, -0.05) is 48.5 Å². The number of fused-ring (bicyclic) bond motifs is 1. The van der Waals surface area contributed by atoms with E-state index in [0.29, 0.717) is 18.2 Å². The highest BCUT2D eigenvalue weighted by Crippen LogP contribution is 2.33. The van der Waals surface area contributed by atoms with E-state index in [1.54, 1.807) is 11.3 Å². The summed E-state index contributed by atoms with van der Waals surface area (Å²) in [5.41, 5.74) is 5.93. The molecule has 4 aromatic rings. The van der Waals surface area contributed by atoms with Crippen molar-refractivity contribution in [3.8, 4) is 17.2 Å². The Labute approximate surface area is 223 Å². The molecule has 5 rings (SSSR count). The molecule has 0 amide bonds. The summed E-state index contributed by atoms with van der Waals surface area (Å²) in [6.07, 6.45) is 4.08. The second-order valence-electron chi connectivity index (χ2n) is 9.44. The van der Waals surface area contributed by atoms with Crippen molar-refractivity contribution in [3.05, 3.63) is 101 Å². The minimum Gasteiger partial charge on any atom is -0.480 e. The molecule has 0 bridgehead atoms. The lowest BCUT2D eigenvalue weighted by Crippen LogP contribution is -2.44. The van der Waals surface area contributed by atoms with Crippen molar-refractivity contribution in [1.29, 1.82) is 5.26 Å². The number of benzene rings is 3. The molecule has 188 valence electrons. The first-order chi connectivity index (χ1) is 18.2. The highest BCUT2D eigenvalue weighted by atomic mass is 32.1. The molecule has 3 aromatic carbocycles. The van der Waals surface area contributed by atoms with Crippen molar-refractivity contribution < 1.29 is 4.74 Å². The second kappa shape index (κ2) is 11.6. The molecule has 37 heavy (non-hydrogen) atoms. The maximum absolute atomic E-state index is 9.92. The first-order valence-electron chi connectivity index (χ1n) is 12.9. The summed E-state index contributed by atoms with van der Waals surface area (Å²) < 4.78 is 5.65. The maximum Gasteiger partial charge on any atom is 0.181 e. The summed E-state index contributed by atoms with van der Waals surface area (Å²) in [6.45, 7) is 10.3. The molecule has 0 spiro atoms. The second-order valence-corrected chi connectivity index (χ2v) is 10.4. The smallest absolute Gasteiger partial charge is 0.181 e. The average Bonchev–Trinajstić information content (AvgIpc) is 3.46. The molecular formula is C31H32N4OS. The molecule has 1 fully saturated rings. The summed E-state index contributed by atoms with van der Waals surface area (Å²) in [6, 6.07) is 23.9. The molecule has 1 saturated heterocycles. The van der Waals surface area contributed by atoms with Gasteiger partial charge < -0.3 is 9.64 Å². The Balaban J connectivity index is 1.43. The van der Waals surface area contributed by atoms with Crippen LogP contribution in [0, 0.1) is 11.3 Å². The van der Waals surface area contributed by atoms with E-state index in [0.717, 1.165) is 56.0 Å². The number of rotatable bonds is 9. The van der Waals surface area contributed by atoms with Crippen molar-refractivity contribution in [3.63, 3.8) is 0 Å². The highest BCUT2D eigenvalue weighted by molar-refractivity contribution is 7.09. The fourth-order valence-corrected chi connectivity index (χ4v) is 5.90. The minimum absolute atomic E-state index is 0.449. The van der Waals surface area contributed by atoms with Gasteiger partial charge in [-0.3, -0.25) is 9.88 Å². The molecule has 6 heteroatoms. The molecule has 0 aliphatic carbocycles. The number of likely N-dealkylation sites (tertiary alicyclic amines) is 1. The van der Waals surface area contributed by atoms with Crippen molar-refractivity contribution >= 4 is 22.1 Å². The Morgan fingerprint density at radius 2 is 1.92 bits per heavy atom. The zero-order valence-electron chi connectivity index (χ0n) is 21.3. The predicted octanol–water partition coefficient (Wildman–Crippen LogP) is 6.81. The lowest BCUT2D eigenvalue weighted by atomic mass is 9.93. The van der Waals surface area contributed by atoms with Crippen molar-refractivity contribution in [2.75, 3.05) is 19.7 Å². The predicted molar refractivity (Wildman–Crippen MR) is 151 cm³/mol. The van der Waals surface area contributed by atoms with Gasteiger partial charge in [-0.05, 0) is 60.4 Å². The first kappa shape index (κ1) is 25.0. The number of nitriles is 1. The zero-order chi connectivity index (χ0) is 25.6. The van der Waals surface area contributed by atoms with Gasteiger partial charge in [0, 0.05) is 48.9 Å². The average molecular weight is 509 g/mol. The molecule has 0 unspecified atom stereocenters. The summed E-state index contributed by atoms with van der Waals surface area (Å²) in [4.78, 5) is 10.4. The molecule has 0 N–H and O–H groups in total. The van der Waals surface area contributed by atoms with Crippen LogP contribution in [0.4, 0.5) is 0 Å². The van der Waals surface area contributed by atoms with Gasteiger partial charge in [-0.25, -0.2) is 0 Å². The van der Waals surface area contributed by atoms with Crippen LogP contribution in [-0.2, 0) is 17.8 Å². The highest BCUT2D eigenvalue weighted by Gasteiger charge is 2.26. The summed E-state index contributed by atoms with van der Waals surface area (Å²) in [5, 5.41) is 12.3. The maximum atomic E-state index is 9.92. The summed E-state index contributed by atoms with van der Waals surface area (Å²) in [7, 11) is 0. The molecule has 5 nitrogen and oxygen atoms in total. The van der Waals surface area contributed by atoms with E-state index >= 15 is 0 Å². The van der Waals surface area contributed by atoms with Crippen molar-refractivity contribution in [1.82, 2.24) is 14.8 Å². The van der Waals surface area contributed by atoms with Gasteiger partial charge >= 0.3 is 0 Å². The van der Waals surface area contributed by atoms with Crippen LogP contribution in [0.15, 0.2) is 84.8 Å². The third-order valence-electron chi connectivity index (χ3n) is 7.16. The third-order valence-corrected chi connectivity index (χ3v) is 7.92. The van der Waals surface area contributed by atoms with E-state index in [9.17, 15) is 5.26 Å². The number of piperidine rings is 1. The van der Waals surface area contributed by atoms with Gasteiger partial charge in [-0.15, -0.1) is 11.3 Å². The van der Waals surface area contributed by atoms with Crippen LogP contribution in [-0.4, -0.2) is 40.5 Å². The molecule has 1 aliphatic rings. The van der Waals surface area contributed by atoms with Gasteiger partial charge in [0.1, 0.15) is 0 Å². The topological polar surface area (TPSA) is 52.4 Å². The monoisotopic (exact) mass is 508 g/mol. The van der Waals surface area contributed by atoms with E-state index in [2.05, 4.69) is 82.0 Å². The number of nitrogens with zero attached hydrogens (tertiary/aromatic N) is 4. The molecule has 0 radical (unpaired) electrons. The number of ether oxygens (including phenoxy) is 1. The van der Waals surface area contributed by atoms with Gasteiger partial charge in [-0.2, -0.15) is 5.26 Å². The molecule has 1 aromatic heterocycles. The van der Waals surface area contributed by atoms with Crippen molar-refractivity contribution in [2.24, 2.45) is 0 Å². The normalized spacial score (nSPS) is 14.1. The first-order valence-corrected chi connectivity index (χ1v) is 13.7. The van der Waals surface area contributed by atoms with Crippen molar-refractivity contribution in [2.45, 2.75) is 38.9 Å². The van der Waals surface area contributed by atoms with Gasteiger partial charge in [0.25, 0.3) is 0 Å². The fraction of sp³-hybridized carbons (Fsp3) is 0.290. The van der Waals surface area contributed by atoms with Gasteiger partial charge in [0.2, 0.25) is 0 Å². The lowest BCUT2D eigenvalue weighted by Gasteiger charge is -2.39. The van der Waals surface area contributed by atoms with E-state index in [4.69, 9.17) is 4.74 Å². The van der Waals surface area contributed by atoms with Crippen LogP contribution in [0.5, 0.6) is 0 Å². The van der Waals surface area contributed by atoms with E-state index in [-0.39, 0.29) is 0 Å². The van der Waals surface area contributed by atoms with E-state index in [1.165, 1.54) is 21.2 Å². The van der Waals surface area contributed by atoms with Crippen LogP contribution in [0.1, 0.15) is 35.8 Å². The zero-order valence-corrected chi connectivity index (χ0v) is 22.1. The molecule has 2 heterocycles. The minimum atomic E-state index is 0.449. The largest absolute Gasteiger partial charge is 0.480 e. The Kier molecular flexibility index (Phi) is 7.84. The Hall–Kier alpha value is -3.66. The fourth-order valence-electron chi connectivity index (χ4n) is 5.28. The van der Waals surface area contributed by atoms with Gasteiger partial charge in [0.05, 0.1) is 23.8 Å². The number of hydrogen-bond acceptors (Lipinski definition) is 6. The van der Waals surface area contributed by atoms with Gasteiger partial charge in [0.15, 0.2) is 5.88 Å². The van der Waals surface area contributed by atoms with Crippen LogP contribution in [0.3, 0.4) is 0 Å². The quantitative estimate of drug-likeness (QED) is 0.233. The standard InChI is InChI=1S/C31H32N4OS/c1-3-36-23(2)34-15-13-27(14-16-34)35(21-28-19-33-22-37-28)20-24-11-12-26(18-32)31(17-24)30-10-6-8-25-7-4-5-9-29(25)30/h4-12,17,19,22,27H,2-3,13-16,20-21H2,1H3. The number of aromatic nitrogens is 1. The Bertz CT molecular complexity index is 1400. The van der Waals surface area contributed by atoms with Crippen LogP contribution in [0.25, 0.3) is 21.9 Å². The summed E-state index contributed by atoms with van der Waals surface area (Å²) >= 11 is 1.70. The summed E-state index contributed by atoms with van der Waals surface area (Å²) in [5.74, 6) is 0.779.